The third-order valence-corrected chi connectivity index (χ3v) is 9.54. The second-order valence-corrected chi connectivity index (χ2v) is 10.9. The van der Waals surface area contributed by atoms with Gasteiger partial charge in [-0.05, 0) is 51.2 Å². The number of carbonyl (C=O) groups is 3. The number of likely N-dealkylation sites (tertiary alicyclic amines) is 1. The molecule has 3 heterocycles. The number of aryl methyl sites for hydroxylation is 2. The van der Waals surface area contributed by atoms with Crippen molar-refractivity contribution in [2.24, 2.45) is 17.8 Å². The minimum atomic E-state index is -0.773. The molecule has 3 aliphatic heterocycles. The number of hydrogen-bond donors (Lipinski definition) is 2. The van der Waals surface area contributed by atoms with Gasteiger partial charge in [0.1, 0.15) is 6.04 Å². The summed E-state index contributed by atoms with van der Waals surface area (Å²) in [6.45, 7) is 9.45. The number of amides is 2. The van der Waals surface area contributed by atoms with E-state index in [4.69, 9.17) is 4.74 Å². The first-order valence-electron chi connectivity index (χ1n) is 11.3. The van der Waals surface area contributed by atoms with E-state index in [1.54, 1.807) is 25.6 Å². The number of aliphatic hydroxyl groups excluding tert-OH is 1. The molecule has 4 rings (SSSR count). The zero-order valence-electron chi connectivity index (χ0n) is 19.3. The lowest BCUT2D eigenvalue weighted by atomic mass is 9.66. The van der Waals surface area contributed by atoms with Crippen LogP contribution < -0.4 is 5.32 Å². The SMILES string of the molecule is CCOC(=O)[C@@H]1[C@H]2C(=O)N([C@H](C)CO)C(C(=O)Nc3c(C)cccc3C)C23S[C@@H]1CC3C. The van der Waals surface area contributed by atoms with E-state index < -0.39 is 28.7 Å². The molecule has 3 saturated heterocycles. The van der Waals surface area contributed by atoms with Gasteiger partial charge in [0, 0.05) is 10.9 Å². The van der Waals surface area contributed by atoms with Crippen LogP contribution in [0.25, 0.3) is 0 Å². The standard InChI is InChI=1S/C24H32N2O5S/c1-6-31-23(30)17-16-10-14(4)24(32-16)18(17)22(29)26(15(5)11-27)20(24)21(28)25-19-12(2)8-7-9-13(19)3/h7-9,14-18,20,27H,6,10-11H2,1-5H3,(H,25,28)/t14?,15-,16-,17+,18+,20?,24?/m1/s1. The van der Waals surface area contributed by atoms with Gasteiger partial charge in [0.2, 0.25) is 11.8 Å². The molecule has 3 aliphatic rings. The molecule has 1 aromatic carbocycles. The lowest BCUT2D eigenvalue weighted by Gasteiger charge is -2.39. The van der Waals surface area contributed by atoms with Gasteiger partial charge in [-0.15, -0.1) is 11.8 Å². The van der Waals surface area contributed by atoms with Crippen LogP contribution in [-0.2, 0) is 19.1 Å². The molecule has 2 amide bonds. The van der Waals surface area contributed by atoms with E-state index in [1.807, 2.05) is 32.0 Å². The zero-order chi connectivity index (χ0) is 23.4. The van der Waals surface area contributed by atoms with Gasteiger partial charge in [0.15, 0.2) is 0 Å². The van der Waals surface area contributed by atoms with Crippen molar-refractivity contribution in [1.82, 2.24) is 4.90 Å². The zero-order valence-corrected chi connectivity index (χ0v) is 20.1. The van der Waals surface area contributed by atoms with Gasteiger partial charge in [-0.3, -0.25) is 14.4 Å². The Labute approximate surface area is 193 Å². The van der Waals surface area contributed by atoms with Gasteiger partial charge in [0.25, 0.3) is 0 Å². The number of esters is 1. The van der Waals surface area contributed by atoms with Crippen LogP contribution in [0.15, 0.2) is 18.2 Å². The average Bonchev–Trinajstić information content (AvgIpc) is 3.34. The highest BCUT2D eigenvalue weighted by Gasteiger charge is 2.76. The maximum Gasteiger partial charge on any atom is 0.310 e. The second kappa shape index (κ2) is 8.37. The number of anilines is 1. The van der Waals surface area contributed by atoms with Crippen molar-refractivity contribution in [3.8, 4) is 0 Å². The van der Waals surface area contributed by atoms with E-state index in [9.17, 15) is 19.5 Å². The molecule has 1 spiro atoms. The molecule has 174 valence electrons. The van der Waals surface area contributed by atoms with Crippen molar-refractivity contribution < 1.29 is 24.2 Å². The quantitative estimate of drug-likeness (QED) is 0.634. The summed E-state index contributed by atoms with van der Waals surface area (Å²) in [6.07, 6.45) is 0.756. The number of benzene rings is 1. The van der Waals surface area contributed by atoms with Gasteiger partial charge in [0.05, 0.1) is 35.8 Å². The molecule has 8 heteroatoms. The Bertz CT molecular complexity index is 932. The topological polar surface area (TPSA) is 95.9 Å². The highest BCUT2D eigenvalue weighted by atomic mass is 32.2. The molecule has 1 aromatic rings. The summed E-state index contributed by atoms with van der Waals surface area (Å²) in [7, 11) is 0. The Morgan fingerprint density at radius 3 is 2.59 bits per heavy atom. The van der Waals surface area contributed by atoms with E-state index >= 15 is 0 Å². The summed E-state index contributed by atoms with van der Waals surface area (Å²) >= 11 is 1.60. The van der Waals surface area contributed by atoms with Crippen molar-refractivity contribution in [3.63, 3.8) is 0 Å². The fourth-order valence-electron chi connectivity index (χ4n) is 6.03. The Kier molecular flexibility index (Phi) is 6.05. The lowest BCUT2D eigenvalue weighted by Crippen LogP contribution is -2.56. The summed E-state index contributed by atoms with van der Waals surface area (Å²) in [5.74, 6) is -1.96. The van der Waals surface area contributed by atoms with Crippen LogP contribution >= 0.6 is 11.8 Å². The number of hydrogen-bond acceptors (Lipinski definition) is 6. The van der Waals surface area contributed by atoms with Crippen LogP contribution in [0.3, 0.4) is 0 Å². The second-order valence-electron chi connectivity index (χ2n) is 9.34. The largest absolute Gasteiger partial charge is 0.466 e. The molecule has 2 N–H and O–H groups in total. The van der Waals surface area contributed by atoms with Crippen LogP contribution in [0.4, 0.5) is 5.69 Å². The van der Waals surface area contributed by atoms with E-state index in [1.165, 1.54) is 4.90 Å². The van der Waals surface area contributed by atoms with Crippen molar-refractivity contribution in [3.05, 3.63) is 29.3 Å². The van der Waals surface area contributed by atoms with Crippen LogP contribution in [0.1, 0.15) is 38.3 Å². The van der Waals surface area contributed by atoms with Crippen LogP contribution in [0, 0.1) is 31.6 Å². The molecular formula is C24H32N2O5S. The van der Waals surface area contributed by atoms with Gasteiger partial charge in [-0.1, -0.05) is 25.1 Å². The Morgan fingerprint density at radius 1 is 1.34 bits per heavy atom. The summed E-state index contributed by atoms with van der Waals surface area (Å²) in [5.41, 5.74) is 2.63. The monoisotopic (exact) mass is 460 g/mol. The van der Waals surface area contributed by atoms with Gasteiger partial charge in [-0.25, -0.2) is 0 Å². The summed E-state index contributed by atoms with van der Waals surface area (Å²) in [5, 5.41) is 13.0. The highest BCUT2D eigenvalue weighted by Crippen LogP contribution is 2.69. The fraction of sp³-hybridized carbons (Fsp3) is 0.625. The first-order chi connectivity index (χ1) is 15.2. The van der Waals surface area contributed by atoms with E-state index in [2.05, 4.69) is 12.2 Å². The maximum absolute atomic E-state index is 13.9. The average molecular weight is 461 g/mol. The van der Waals surface area contributed by atoms with Crippen LogP contribution in [0.5, 0.6) is 0 Å². The van der Waals surface area contributed by atoms with Gasteiger partial charge in [-0.2, -0.15) is 0 Å². The number of ether oxygens (including phenoxy) is 1. The lowest BCUT2D eigenvalue weighted by molar-refractivity contribution is -0.154. The number of fused-ring (bicyclic) bond motifs is 1. The molecule has 0 aliphatic carbocycles. The summed E-state index contributed by atoms with van der Waals surface area (Å²) < 4.78 is 4.62. The minimum absolute atomic E-state index is 0.0416. The molecule has 3 unspecified atom stereocenters. The molecule has 3 fully saturated rings. The molecule has 7 nitrogen and oxygen atoms in total. The van der Waals surface area contributed by atoms with E-state index in [0.717, 1.165) is 23.2 Å². The first-order valence-corrected chi connectivity index (χ1v) is 12.2. The third-order valence-electron chi connectivity index (χ3n) is 7.46. The summed E-state index contributed by atoms with van der Waals surface area (Å²) in [6, 6.07) is 4.51. The Hall–Kier alpha value is -2.06. The number of rotatable bonds is 6. The van der Waals surface area contributed by atoms with Crippen molar-refractivity contribution in [1.29, 1.82) is 0 Å². The summed E-state index contributed by atoms with van der Waals surface area (Å²) in [4.78, 5) is 42.0. The third kappa shape index (κ3) is 3.17. The normalized spacial score (nSPS) is 33.9. The molecule has 32 heavy (non-hydrogen) atoms. The van der Waals surface area contributed by atoms with Crippen molar-refractivity contribution >= 4 is 35.2 Å². The van der Waals surface area contributed by atoms with Crippen molar-refractivity contribution in [2.75, 3.05) is 18.5 Å². The maximum atomic E-state index is 13.9. The predicted molar refractivity (Wildman–Crippen MR) is 123 cm³/mol. The first kappa shape index (κ1) is 23.1. The Balaban J connectivity index is 1.78. The molecule has 7 atom stereocenters. The molecule has 0 radical (unpaired) electrons. The van der Waals surface area contributed by atoms with E-state index in [-0.39, 0.29) is 42.2 Å². The number of nitrogens with one attached hydrogen (secondary N) is 1. The number of carbonyl (C=O) groups excluding carboxylic acids is 3. The fourth-order valence-corrected chi connectivity index (χ4v) is 8.43. The molecular weight excluding hydrogens is 428 g/mol. The molecule has 2 bridgehead atoms. The minimum Gasteiger partial charge on any atom is -0.466 e. The number of thioether (sulfide) groups is 1. The van der Waals surface area contributed by atoms with Crippen LogP contribution in [-0.4, -0.2) is 63.1 Å². The molecule has 0 saturated carbocycles. The van der Waals surface area contributed by atoms with Gasteiger partial charge < -0.3 is 20.1 Å². The van der Waals surface area contributed by atoms with Crippen molar-refractivity contribution in [2.45, 2.75) is 63.1 Å². The number of aliphatic hydroxyl groups is 1. The number of nitrogens with zero attached hydrogens (tertiary/aromatic N) is 1. The highest BCUT2D eigenvalue weighted by molar-refractivity contribution is 8.02. The molecule has 0 aromatic heterocycles. The van der Waals surface area contributed by atoms with E-state index in [0.29, 0.717) is 0 Å². The number of para-hydroxylation sites is 1. The smallest absolute Gasteiger partial charge is 0.310 e. The van der Waals surface area contributed by atoms with Gasteiger partial charge >= 0.3 is 5.97 Å². The Morgan fingerprint density at radius 2 is 2.00 bits per heavy atom. The van der Waals surface area contributed by atoms with Crippen LogP contribution in [0.2, 0.25) is 0 Å². The predicted octanol–water partition coefficient (Wildman–Crippen LogP) is 2.52.